The largest absolute Gasteiger partial charge is 0.395 e. The second kappa shape index (κ2) is 6.88. The highest BCUT2D eigenvalue weighted by atomic mass is 16.7. The lowest BCUT2D eigenvalue weighted by molar-refractivity contribution is -0.163. The normalized spacial score (nSPS) is 24.2. The molecular weight excluding hydrogens is 266 g/mol. The fraction of sp³-hybridized carbons (Fsp3) is 0.647. The van der Waals surface area contributed by atoms with Crippen LogP contribution in [-0.2, 0) is 16.0 Å². The second-order valence-corrected chi connectivity index (χ2v) is 6.11. The number of hydrogen-bond acceptors (Lipinski definition) is 4. The van der Waals surface area contributed by atoms with Crippen molar-refractivity contribution in [1.29, 1.82) is 0 Å². The number of benzene rings is 1. The molecule has 1 atom stereocenters. The van der Waals surface area contributed by atoms with Gasteiger partial charge in [-0.15, -0.1) is 0 Å². The maximum absolute atomic E-state index is 9.28. The Morgan fingerprint density at radius 3 is 2.67 bits per heavy atom. The van der Waals surface area contributed by atoms with Crippen molar-refractivity contribution >= 4 is 0 Å². The van der Waals surface area contributed by atoms with Crippen molar-refractivity contribution in [1.82, 2.24) is 4.90 Å². The minimum atomic E-state index is -0.289. The zero-order valence-corrected chi connectivity index (χ0v) is 12.5. The first-order valence-corrected chi connectivity index (χ1v) is 7.99. The van der Waals surface area contributed by atoms with Crippen LogP contribution in [0.25, 0.3) is 0 Å². The van der Waals surface area contributed by atoms with Crippen LogP contribution in [0, 0.1) is 0 Å². The highest BCUT2D eigenvalue weighted by Gasteiger charge is 2.43. The van der Waals surface area contributed by atoms with Gasteiger partial charge in [0.25, 0.3) is 0 Å². The summed E-state index contributed by atoms with van der Waals surface area (Å²) in [4.78, 5) is 2.25. The van der Waals surface area contributed by atoms with Gasteiger partial charge in [0, 0.05) is 32.5 Å². The zero-order chi connectivity index (χ0) is 14.5. The fourth-order valence-corrected chi connectivity index (χ4v) is 3.39. The molecule has 1 aliphatic carbocycles. The summed E-state index contributed by atoms with van der Waals surface area (Å²) >= 11 is 0. The van der Waals surface area contributed by atoms with Gasteiger partial charge in [-0.1, -0.05) is 30.3 Å². The van der Waals surface area contributed by atoms with E-state index in [2.05, 4.69) is 29.2 Å². The Kier molecular flexibility index (Phi) is 4.91. The van der Waals surface area contributed by atoms with E-state index in [1.165, 1.54) is 18.4 Å². The van der Waals surface area contributed by atoms with Gasteiger partial charge in [-0.05, 0) is 18.4 Å². The fourth-order valence-electron chi connectivity index (χ4n) is 3.39. The molecule has 1 N–H and O–H groups in total. The summed E-state index contributed by atoms with van der Waals surface area (Å²) in [6.07, 6.45) is 4.59. The lowest BCUT2D eigenvalue weighted by Crippen LogP contribution is -2.36. The molecule has 3 rings (SSSR count). The molecule has 1 saturated heterocycles. The molecule has 1 aromatic carbocycles. The molecule has 2 fully saturated rings. The van der Waals surface area contributed by atoms with Crippen molar-refractivity contribution < 1.29 is 14.6 Å². The van der Waals surface area contributed by atoms with E-state index < -0.39 is 0 Å². The minimum absolute atomic E-state index is 0.123. The van der Waals surface area contributed by atoms with Crippen LogP contribution in [0.4, 0.5) is 0 Å². The Bertz CT molecular complexity index is 431. The topological polar surface area (TPSA) is 41.9 Å². The van der Waals surface area contributed by atoms with Crippen LogP contribution < -0.4 is 0 Å². The van der Waals surface area contributed by atoms with Crippen LogP contribution >= 0.6 is 0 Å². The van der Waals surface area contributed by atoms with Crippen LogP contribution in [-0.4, -0.2) is 48.2 Å². The number of ether oxygens (including phenoxy) is 2. The Hall–Kier alpha value is -0.940. The molecule has 2 aliphatic rings. The zero-order valence-electron chi connectivity index (χ0n) is 12.5. The molecule has 21 heavy (non-hydrogen) atoms. The standard InChI is InChI=1S/C17H25NO3/c19-11-10-18(12-15-6-2-1-3-7-15)13-16-14-20-17(21-16)8-4-5-9-17/h1-3,6-7,16,19H,4-5,8-14H2. The third kappa shape index (κ3) is 3.83. The predicted octanol–water partition coefficient (Wildman–Crippen LogP) is 2.17. The van der Waals surface area contributed by atoms with Gasteiger partial charge in [-0.2, -0.15) is 0 Å². The van der Waals surface area contributed by atoms with E-state index in [0.29, 0.717) is 13.2 Å². The first kappa shape index (κ1) is 15.0. The monoisotopic (exact) mass is 291 g/mol. The Morgan fingerprint density at radius 1 is 1.19 bits per heavy atom. The van der Waals surface area contributed by atoms with Crippen molar-refractivity contribution in [3.63, 3.8) is 0 Å². The number of aliphatic hydroxyl groups is 1. The molecular formula is C17H25NO3. The number of nitrogens with zero attached hydrogens (tertiary/aromatic N) is 1. The molecule has 0 aromatic heterocycles. The molecule has 1 aliphatic heterocycles. The first-order valence-electron chi connectivity index (χ1n) is 7.99. The van der Waals surface area contributed by atoms with E-state index in [1.807, 2.05) is 6.07 Å². The van der Waals surface area contributed by atoms with Crippen LogP contribution in [0.15, 0.2) is 30.3 Å². The molecule has 116 valence electrons. The lowest BCUT2D eigenvalue weighted by Gasteiger charge is -2.26. The van der Waals surface area contributed by atoms with E-state index in [1.54, 1.807) is 0 Å². The Labute approximate surface area is 126 Å². The van der Waals surface area contributed by atoms with Gasteiger partial charge < -0.3 is 14.6 Å². The molecule has 1 spiro atoms. The van der Waals surface area contributed by atoms with E-state index >= 15 is 0 Å². The minimum Gasteiger partial charge on any atom is -0.395 e. The van der Waals surface area contributed by atoms with Gasteiger partial charge in [0.05, 0.1) is 19.3 Å². The maximum Gasteiger partial charge on any atom is 0.168 e. The van der Waals surface area contributed by atoms with Crippen molar-refractivity contribution in [3.8, 4) is 0 Å². The number of aliphatic hydroxyl groups excluding tert-OH is 1. The van der Waals surface area contributed by atoms with Crippen molar-refractivity contribution in [3.05, 3.63) is 35.9 Å². The predicted molar refractivity (Wildman–Crippen MR) is 80.8 cm³/mol. The van der Waals surface area contributed by atoms with E-state index in [4.69, 9.17) is 9.47 Å². The summed E-state index contributed by atoms with van der Waals surface area (Å²) in [7, 11) is 0. The highest BCUT2D eigenvalue weighted by Crippen LogP contribution is 2.39. The molecule has 1 unspecified atom stereocenters. The summed E-state index contributed by atoms with van der Waals surface area (Å²) in [5.74, 6) is -0.289. The van der Waals surface area contributed by atoms with E-state index in [9.17, 15) is 5.11 Å². The third-order valence-electron chi connectivity index (χ3n) is 4.41. The van der Waals surface area contributed by atoms with E-state index in [0.717, 1.165) is 25.9 Å². The molecule has 1 aromatic rings. The SMILES string of the molecule is OCCN(Cc1ccccc1)CC1COC2(CCCC2)O1. The highest BCUT2D eigenvalue weighted by molar-refractivity contribution is 5.14. The van der Waals surface area contributed by atoms with Crippen molar-refractivity contribution in [2.45, 2.75) is 44.1 Å². The molecule has 1 saturated carbocycles. The molecule has 0 amide bonds. The average molecular weight is 291 g/mol. The van der Waals surface area contributed by atoms with Crippen LogP contribution in [0.2, 0.25) is 0 Å². The summed E-state index contributed by atoms with van der Waals surface area (Å²) in [5.41, 5.74) is 1.26. The van der Waals surface area contributed by atoms with Gasteiger partial charge in [0.2, 0.25) is 0 Å². The third-order valence-corrected chi connectivity index (χ3v) is 4.41. The molecule has 4 heteroatoms. The van der Waals surface area contributed by atoms with Gasteiger partial charge in [-0.25, -0.2) is 0 Å². The number of rotatable bonds is 6. The van der Waals surface area contributed by atoms with E-state index in [-0.39, 0.29) is 18.5 Å². The van der Waals surface area contributed by atoms with Crippen LogP contribution in [0.5, 0.6) is 0 Å². The van der Waals surface area contributed by atoms with Gasteiger partial charge in [0.1, 0.15) is 0 Å². The second-order valence-electron chi connectivity index (χ2n) is 6.11. The summed E-state index contributed by atoms with van der Waals surface area (Å²) in [5, 5.41) is 9.28. The average Bonchev–Trinajstić information content (AvgIpc) is 3.11. The Morgan fingerprint density at radius 2 is 1.95 bits per heavy atom. The smallest absolute Gasteiger partial charge is 0.168 e. The van der Waals surface area contributed by atoms with Gasteiger partial charge in [0.15, 0.2) is 5.79 Å². The quantitative estimate of drug-likeness (QED) is 0.872. The lowest BCUT2D eigenvalue weighted by atomic mass is 10.2. The van der Waals surface area contributed by atoms with Crippen LogP contribution in [0.1, 0.15) is 31.2 Å². The first-order chi connectivity index (χ1) is 10.3. The van der Waals surface area contributed by atoms with Gasteiger partial charge >= 0.3 is 0 Å². The summed E-state index contributed by atoms with van der Waals surface area (Å²) in [6.45, 7) is 3.18. The summed E-state index contributed by atoms with van der Waals surface area (Å²) in [6, 6.07) is 10.4. The summed E-state index contributed by atoms with van der Waals surface area (Å²) < 4.78 is 12.1. The molecule has 0 bridgehead atoms. The Balaban J connectivity index is 1.55. The molecule has 1 heterocycles. The number of hydrogen-bond donors (Lipinski definition) is 1. The van der Waals surface area contributed by atoms with Crippen molar-refractivity contribution in [2.24, 2.45) is 0 Å². The molecule has 4 nitrogen and oxygen atoms in total. The maximum atomic E-state index is 9.28. The molecule has 0 radical (unpaired) electrons. The van der Waals surface area contributed by atoms with Gasteiger partial charge in [-0.3, -0.25) is 4.90 Å². The van der Waals surface area contributed by atoms with Crippen LogP contribution in [0.3, 0.4) is 0 Å². The van der Waals surface area contributed by atoms with Crippen molar-refractivity contribution in [2.75, 3.05) is 26.3 Å².